The van der Waals surface area contributed by atoms with E-state index in [0.29, 0.717) is 37.7 Å². The van der Waals surface area contributed by atoms with Crippen molar-refractivity contribution in [3.63, 3.8) is 0 Å². The molecule has 2 heterocycles. The molecule has 3 nitrogen and oxygen atoms in total. The monoisotopic (exact) mass is 472 g/mol. The highest BCUT2D eigenvalue weighted by atomic mass is 35.5. The van der Waals surface area contributed by atoms with Crippen LogP contribution in [0.1, 0.15) is 10.8 Å². The Bertz CT molecular complexity index is 1500. The second-order valence-electron chi connectivity index (χ2n) is 7.07. The number of fused-ring (bicyclic) bond motifs is 1. The molecule has 5 aromatic rings. The Morgan fingerprint density at radius 3 is 2.50 bits per heavy atom. The smallest absolute Gasteiger partial charge is 0.137 e. The molecule has 0 saturated carbocycles. The molecule has 0 spiro atoms. The summed E-state index contributed by atoms with van der Waals surface area (Å²) in [4.78, 5) is 4.69. The number of benzene rings is 3. The molecule has 3 aromatic carbocycles. The molecule has 32 heavy (non-hydrogen) atoms. The number of halogens is 2. The number of hydrogen-bond acceptors (Lipinski definition) is 4. The fraction of sp³-hybridized carbons (Fsp3) is 0. The summed E-state index contributed by atoms with van der Waals surface area (Å²) in [6, 6.07) is 25.5. The van der Waals surface area contributed by atoms with E-state index in [0.717, 1.165) is 16.6 Å². The van der Waals surface area contributed by atoms with Crippen LogP contribution in [0, 0.1) is 11.3 Å². The Hall–Kier alpha value is -3.36. The van der Waals surface area contributed by atoms with Gasteiger partial charge in [0.2, 0.25) is 0 Å². The van der Waals surface area contributed by atoms with Crippen molar-refractivity contribution in [1.29, 1.82) is 5.26 Å². The van der Waals surface area contributed by atoms with E-state index in [1.165, 1.54) is 16.7 Å². The first-order valence-corrected chi connectivity index (χ1v) is 11.4. The molecule has 0 amide bonds. The van der Waals surface area contributed by atoms with Gasteiger partial charge in [0.25, 0.3) is 0 Å². The van der Waals surface area contributed by atoms with Crippen molar-refractivity contribution in [2.75, 3.05) is 0 Å². The van der Waals surface area contributed by atoms with E-state index >= 15 is 0 Å². The van der Waals surface area contributed by atoms with E-state index in [4.69, 9.17) is 32.6 Å². The molecule has 0 unspecified atom stereocenters. The molecule has 0 fully saturated rings. The first-order chi connectivity index (χ1) is 15.6. The summed E-state index contributed by atoms with van der Waals surface area (Å²) >= 11 is 14.0. The third-order valence-corrected chi connectivity index (χ3v) is 6.53. The number of furan rings is 1. The number of nitriles is 1. The lowest BCUT2D eigenvalue weighted by molar-refractivity contribution is 0.572. The minimum Gasteiger partial charge on any atom is -0.457 e. The second kappa shape index (κ2) is 8.64. The SMILES string of the molecule is N#CC(=Cc1ccc(-c2c(Cl)cccc2Cl)o1)c1nc(-c2ccc3ccccc3c2)cs1. The van der Waals surface area contributed by atoms with E-state index in [2.05, 4.69) is 30.3 Å². The van der Waals surface area contributed by atoms with Crippen LogP contribution in [0.15, 0.2) is 82.6 Å². The first kappa shape index (κ1) is 20.5. The molecule has 0 N–H and O–H groups in total. The number of rotatable bonds is 4. The molecule has 154 valence electrons. The summed E-state index contributed by atoms with van der Waals surface area (Å²) in [6.45, 7) is 0. The Labute approximate surface area is 198 Å². The molecule has 0 aliphatic rings. The molecule has 0 bridgehead atoms. The standard InChI is InChI=1S/C26H14Cl2N2OS/c27-21-6-3-7-22(28)25(21)24-11-10-20(31-24)13-19(14-29)26-30-23(15-32-26)18-9-8-16-4-1-2-5-17(16)12-18/h1-13,15H. The maximum absolute atomic E-state index is 9.74. The zero-order chi connectivity index (χ0) is 22.1. The van der Waals surface area contributed by atoms with Crippen LogP contribution in [0.25, 0.3) is 45.0 Å². The van der Waals surface area contributed by atoms with Crippen molar-refractivity contribution in [1.82, 2.24) is 4.98 Å². The highest BCUT2D eigenvalue weighted by molar-refractivity contribution is 7.11. The van der Waals surface area contributed by atoms with Crippen LogP contribution in [0.4, 0.5) is 0 Å². The highest BCUT2D eigenvalue weighted by Crippen LogP contribution is 2.36. The quantitative estimate of drug-likeness (QED) is 0.246. The van der Waals surface area contributed by atoms with Crippen molar-refractivity contribution < 1.29 is 4.42 Å². The Morgan fingerprint density at radius 2 is 1.72 bits per heavy atom. The molecular weight excluding hydrogens is 459 g/mol. The van der Waals surface area contributed by atoms with Gasteiger partial charge in [-0.1, -0.05) is 65.7 Å². The van der Waals surface area contributed by atoms with Crippen LogP contribution in [0.2, 0.25) is 10.0 Å². The predicted octanol–water partition coefficient (Wildman–Crippen LogP) is 8.59. The number of thiazole rings is 1. The van der Waals surface area contributed by atoms with Gasteiger partial charge >= 0.3 is 0 Å². The summed E-state index contributed by atoms with van der Waals surface area (Å²) in [5.41, 5.74) is 2.90. The molecule has 2 aromatic heterocycles. The fourth-order valence-electron chi connectivity index (χ4n) is 3.46. The summed E-state index contributed by atoms with van der Waals surface area (Å²) in [5, 5.41) is 15.7. The minimum atomic E-state index is 0.424. The average molecular weight is 473 g/mol. The molecule has 0 saturated heterocycles. The lowest BCUT2D eigenvalue weighted by Gasteiger charge is -2.02. The summed E-state index contributed by atoms with van der Waals surface area (Å²) < 4.78 is 5.91. The van der Waals surface area contributed by atoms with E-state index in [9.17, 15) is 5.26 Å². The van der Waals surface area contributed by atoms with Gasteiger partial charge in [0.05, 0.1) is 26.9 Å². The van der Waals surface area contributed by atoms with Crippen LogP contribution >= 0.6 is 34.5 Å². The van der Waals surface area contributed by atoms with Gasteiger partial charge in [-0.05, 0) is 41.1 Å². The Kier molecular flexibility index (Phi) is 5.55. The number of aromatic nitrogens is 1. The molecule has 0 atom stereocenters. The van der Waals surface area contributed by atoms with Crippen LogP contribution in [-0.2, 0) is 0 Å². The number of hydrogen-bond donors (Lipinski definition) is 0. The molecule has 6 heteroatoms. The van der Waals surface area contributed by atoms with Crippen molar-refractivity contribution in [2.24, 2.45) is 0 Å². The third-order valence-electron chi connectivity index (χ3n) is 5.02. The lowest BCUT2D eigenvalue weighted by atomic mass is 10.1. The van der Waals surface area contributed by atoms with Gasteiger partial charge in [0.15, 0.2) is 0 Å². The van der Waals surface area contributed by atoms with E-state index in [1.807, 2.05) is 23.6 Å². The van der Waals surface area contributed by atoms with Gasteiger partial charge in [-0.15, -0.1) is 11.3 Å². The lowest BCUT2D eigenvalue weighted by Crippen LogP contribution is -1.83. The molecule has 5 rings (SSSR count). The van der Waals surface area contributed by atoms with Crippen LogP contribution in [-0.4, -0.2) is 4.98 Å². The van der Waals surface area contributed by atoms with Crippen LogP contribution < -0.4 is 0 Å². The highest BCUT2D eigenvalue weighted by Gasteiger charge is 2.14. The van der Waals surface area contributed by atoms with Gasteiger partial charge in [-0.25, -0.2) is 4.98 Å². The van der Waals surface area contributed by atoms with Crippen LogP contribution in [0.5, 0.6) is 0 Å². The second-order valence-corrected chi connectivity index (χ2v) is 8.74. The predicted molar refractivity (Wildman–Crippen MR) is 133 cm³/mol. The average Bonchev–Trinajstić information content (AvgIpc) is 3.47. The molecular formula is C26H14Cl2N2OS. The van der Waals surface area contributed by atoms with Crippen molar-refractivity contribution in [2.45, 2.75) is 0 Å². The zero-order valence-electron chi connectivity index (χ0n) is 16.5. The van der Waals surface area contributed by atoms with Crippen molar-refractivity contribution >= 4 is 57.0 Å². The third kappa shape index (κ3) is 3.94. The van der Waals surface area contributed by atoms with Crippen molar-refractivity contribution in [3.05, 3.63) is 99.0 Å². The summed E-state index contributed by atoms with van der Waals surface area (Å²) in [5.74, 6) is 1.06. The van der Waals surface area contributed by atoms with E-state index in [-0.39, 0.29) is 0 Å². The summed E-state index contributed by atoms with van der Waals surface area (Å²) in [6.07, 6.45) is 1.68. The van der Waals surface area contributed by atoms with Crippen LogP contribution in [0.3, 0.4) is 0 Å². The van der Waals surface area contributed by atoms with Gasteiger partial charge in [0.1, 0.15) is 22.6 Å². The fourth-order valence-corrected chi connectivity index (χ4v) is 4.84. The topological polar surface area (TPSA) is 49.8 Å². The number of allylic oxidation sites excluding steroid dienone is 1. The molecule has 0 aliphatic heterocycles. The zero-order valence-corrected chi connectivity index (χ0v) is 18.9. The van der Waals surface area contributed by atoms with Gasteiger partial charge < -0.3 is 4.42 Å². The Morgan fingerprint density at radius 1 is 0.938 bits per heavy atom. The van der Waals surface area contributed by atoms with Gasteiger partial charge in [0, 0.05) is 17.0 Å². The maximum atomic E-state index is 9.74. The molecule has 0 radical (unpaired) electrons. The van der Waals surface area contributed by atoms with Crippen molar-refractivity contribution in [3.8, 4) is 28.7 Å². The minimum absolute atomic E-state index is 0.424. The van der Waals surface area contributed by atoms with E-state index < -0.39 is 0 Å². The van der Waals surface area contributed by atoms with Gasteiger partial charge in [-0.3, -0.25) is 0 Å². The normalized spacial score (nSPS) is 11.6. The first-order valence-electron chi connectivity index (χ1n) is 9.73. The molecule has 0 aliphatic carbocycles. The summed E-state index contributed by atoms with van der Waals surface area (Å²) in [7, 11) is 0. The van der Waals surface area contributed by atoms with Gasteiger partial charge in [-0.2, -0.15) is 5.26 Å². The largest absolute Gasteiger partial charge is 0.457 e. The maximum Gasteiger partial charge on any atom is 0.137 e. The Balaban J connectivity index is 1.47. The number of nitrogens with zero attached hydrogens (tertiary/aromatic N) is 2. The van der Waals surface area contributed by atoms with E-state index in [1.54, 1.807) is 36.4 Å².